The van der Waals surface area contributed by atoms with Gasteiger partial charge in [-0.25, -0.2) is 4.98 Å². The number of nitrogens with zero attached hydrogens (tertiary/aromatic N) is 2. The van der Waals surface area contributed by atoms with Crippen LogP contribution in [0.5, 0.6) is 0 Å². The second kappa shape index (κ2) is 5.88. The number of rotatable bonds is 3. The molecule has 1 aromatic carbocycles. The van der Waals surface area contributed by atoms with Gasteiger partial charge in [-0.2, -0.15) is 0 Å². The highest BCUT2D eigenvalue weighted by Crippen LogP contribution is 2.37. The van der Waals surface area contributed by atoms with E-state index in [9.17, 15) is 9.59 Å². The predicted molar refractivity (Wildman–Crippen MR) is 85.5 cm³/mol. The van der Waals surface area contributed by atoms with Crippen LogP contribution in [0.4, 0.5) is 5.13 Å². The number of anilines is 1. The zero-order chi connectivity index (χ0) is 15.7. The summed E-state index contributed by atoms with van der Waals surface area (Å²) in [5, 5.41) is 5.30. The summed E-state index contributed by atoms with van der Waals surface area (Å²) in [5.74, 6) is -0.561. The maximum Gasteiger partial charge on any atom is 0.232 e. The Hall–Kier alpha value is -2.21. The first-order chi connectivity index (χ1) is 10.6. The largest absolute Gasteiger partial charge is 0.338 e. The lowest BCUT2D eigenvalue weighted by Gasteiger charge is -2.24. The third-order valence-electron chi connectivity index (χ3n) is 3.91. The fourth-order valence-corrected chi connectivity index (χ4v) is 3.51. The van der Waals surface area contributed by atoms with Crippen LogP contribution in [0.3, 0.4) is 0 Å². The van der Waals surface area contributed by atoms with Crippen molar-refractivity contribution in [1.29, 1.82) is 0 Å². The van der Waals surface area contributed by atoms with Crippen molar-refractivity contribution < 1.29 is 9.59 Å². The fourth-order valence-electron chi connectivity index (χ4n) is 2.82. The van der Waals surface area contributed by atoms with Gasteiger partial charge in [-0.3, -0.25) is 9.59 Å². The van der Waals surface area contributed by atoms with Crippen molar-refractivity contribution in [2.45, 2.75) is 19.4 Å². The number of carbonyl (C=O) groups excluding carboxylic acids is 2. The molecule has 6 heteroatoms. The van der Waals surface area contributed by atoms with E-state index in [0.717, 1.165) is 11.3 Å². The molecule has 5 nitrogen and oxygen atoms in total. The molecule has 0 saturated carbocycles. The molecule has 22 heavy (non-hydrogen) atoms. The number of thiazole rings is 1. The summed E-state index contributed by atoms with van der Waals surface area (Å²) in [6.45, 7) is 1.88. The first-order valence-electron chi connectivity index (χ1n) is 7.10. The van der Waals surface area contributed by atoms with Crippen LogP contribution in [0, 0.1) is 12.8 Å². The number of aromatic nitrogens is 1. The average molecular weight is 315 g/mol. The van der Waals surface area contributed by atoms with Gasteiger partial charge in [0, 0.05) is 18.8 Å². The molecule has 1 aliphatic rings. The van der Waals surface area contributed by atoms with Crippen LogP contribution in [0.2, 0.25) is 0 Å². The van der Waals surface area contributed by atoms with Crippen molar-refractivity contribution in [3.8, 4) is 0 Å². The SMILES string of the molecule is Cc1csc(NC(=O)C2CC(=O)N(C)C2c2ccccc2)n1. The van der Waals surface area contributed by atoms with Gasteiger partial charge in [-0.15, -0.1) is 11.3 Å². The second-order valence-corrected chi connectivity index (χ2v) is 6.31. The molecule has 1 N–H and O–H groups in total. The molecule has 0 radical (unpaired) electrons. The molecule has 1 aliphatic heterocycles. The molecule has 0 bridgehead atoms. The highest BCUT2D eigenvalue weighted by atomic mass is 32.1. The molecule has 1 saturated heterocycles. The smallest absolute Gasteiger partial charge is 0.232 e. The number of amides is 2. The average Bonchev–Trinajstić information content (AvgIpc) is 3.04. The molecule has 2 heterocycles. The van der Waals surface area contributed by atoms with E-state index in [-0.39, 0.29) is 24.3 Å². The van der Waals surface area contributed by atoms with Gasteiger partial charge >= 0.3 is 0 Å². The number of likely N-dealkylation sites (tertiary alicyclic amines) is 1. The van der Waals surface area contributed by atoms with E-state index in [1.807, 2.05) is 42.6 Å². The van der Waals surface area contributed by atoms with Gasteiger partial charge in [0.15, 0.2) is 5.13 Å². The Balaban J connectivity index is 1.84. The number of nitrogens with one attached hydrogen (secondary N) is 1. The Morgan fingerprint density at radius 2 is 2.09 bits per heavy atom. The van der Waals surface area contributed by atoms with Gasteiger partial charge in [0.1, 0.15) is 0 Å². The summed E-state index contributed by atoms with van der Waals surface area (Å²) in [4.78, 5) is 30.5. The Kier molecular flexibility index (Phi) is 3.94. The summed E-state index contributed by atoms with van der Waals surface area (Å²) in [5.41, 5.74) is 1.85. The maximum absolute atomic E-state index is 12.6. The van der Waals surface area contributed by atoms with Crippen molar-refractivity contribution in [2.75, 3.05) is 12.4 Å². The van der Waals surface area contributed by atoms with Crippen LogP contribution in [0.1, 0.15) is 23.7 Å². The molecule has 0 aliphatic carbocycles. The summed E-state index contributed by atoms with van der Waals surface area (Å²) in [7, 11) is 1.75. The summed E-state index contributed by atoms with van der Waals surface area (Å²) >= 11 is 1.39. The minimum atomic E-state index is -0.399. The zero-order valence-electron chi connectivity index (χ0n) is 12.4. The number of hydrogen-bond donors (Lipinski definition) is 1. The number of hydrogen-bond acceptors (Lipinski definition) is 4. The Morgan fingerprint density at radius 3 is 2.73 bits per heavy atom. The minimum Gasteiger partial charge on any atom is -0.338 e. The van der Waals surface area contributed by atoms with Crippen molar-refractivity contribution in [1.82, 2.24) is 9.88 Å². The van der Waals surface area contributed by atoms with Crippen molar-refractivity contribution in [3.63, 3.8) is 0 Å². The van der Waals surface area contributed by atoms with Gasteiger partial charge in [-0.05, 0) is 12.5 Å². The Morgan fingerprint density at radius 1 is 1.36 bits per heavy atom. The highest BCUT2D eigenvalue weighted by molar-refractivity contribution is 7.13. The molecule has 1 aromatic heterocycles. The lowest BCUT2D eigenvalue weighted by molar-refractivity contribution is -0.127. The molecular weight excluding hydrogens is 298 g/mol. The molecule has 1 fully saturated rings. The van der Waals surface area contributed by atoms with E-state index in [1.165, 1.54) is 11.3 Å². The van der Waals surface area contributed by atoms with Crippen LogP contribution >= 0.6 is 11.3 Å². The molecule has 3 rings (SSSR count). The van der Waals surface area contributed by atoms with Gasteiger partial charge in [0.05, 0.1) is 17.7 Å². The summed E-state index contributed by atoms with van der Waals surface area (Å²) < 4.78 is 0. The number of carbonyl (C=O) groups is 2. The monoisotopic (exact) mass is 315 g/mol. The van der Waals surface area contributed by atoms with Gasteiger partial charge in [0.2, 0.25) is 11.8 Å². The van der Waals surface area contributed by atoms with Crippen molar-refractivity contribution in [2.24, 2.45) is 5.92 Å². The van der Waals surface area contributed by atoms with Crippen LogP contribution in [0.15, 0.2) is 35.7 Å². The fraction of sp³-hybridized carbons (Fsp3) is 0.312. The van der Waals surface area contributed by atoms with Crippen molar-refractivity contribution in [3.05, 3.63) is 47.0 Å². The highest BCUT2D eigenvalue weighted by Gasteiger charge is 2.42. The number of benzene rings is 1. The quantitative estimate of drug-likeness (QED) is 0.947. The van der Waals surface area contributed by atoms with E-state index < -0.39 is 5.92 Å². The maximum atomic E-state index is 12.6. The van der Waals surface area contributed by atoms with E-state index in [2.05, 4.69) is 10.3 Å². The molecular formula is C16H17N3O2S. The zero-order valence-corrected chi connectivity index (χ0v) is 13.3. The molecule has 2 atom stereocenters. The summed E-state index contributed by atoms with van der Waals surface area (Å²) in [6, 6.07) is 9.44. The summed E-state index contributed by atoms with van der Waals surface area (Å²) in [6.07, 6.45) is 0.228. The van der Waals surface area contributed by atoms with Gasteiger partial charge in [0.25, 0.3) is 0 Å². The first kappa shape index (κ1) is 14.7. The van der Waals surface area contributed by atoms with Crippen LogP contribution in [-0.4, -0.2) is 28.7 Å². The lowest BCUT2D eigenvalue weighted by Crippen LogP contribution is -2.29. The molecule has 2 amide bonds. The lowest BCUT2D eigenvalue weighted by atomic mass is 9.93. The first-order valence-corrected chi connectivity index (χ1v) is 7.98. The standard InChI is InChI=1S/C16H17N3O2S/c1-10-9-22-16(17-10)18-15(21)12-8-13(20)19(2)14(12)11-6-4-3-5-7-11/h3-7,9,12,14H,8H2,1-2H3,(H,17,18,21). The third kappa shape index (κ3) is 2.74. The normalized spacial score (nSPS) is 21.2. The number of aryl methyl sites for hydroxylation is 1. The second-order valence-electron chi connectivity index (χ2n) is 5.45. The molecule has 2 aromatic rings. The molecule has 0 spiro atoms. The predicted octanol–water partition coefficient (Wildman–Crippen LogP) is 2.61. The van der Waals surface area contributed by atoms with Crippen LogP contribution in [-0.2, 0) is 9.59 Å². The van der Waals surface area contributed by atoms with Crippen LogP contribution in [0.25, 0.3) is 0 Å². The van der Waals surface area contributed by atoms with E-state index in [1.54, 1.807) is 11.9 Å². The van der Waals surface area contributed by atoms with E-state index >= 15 is 0 Å². The molecule has 2 unspecified atom stereocenters. The van der Waals surface area contributed by atoms with E-state index in [4.69, 9.17) is 0 Å². The third-order valence-corrected chi connectivity index (χ3v) is 4.79. The topological polar surface area (TPSA) is 62.3 Å². The van der Waals surface area contributed by atoms with Gasteiger partial charge in [-0.1, -0.05) is 30.3 Å². The van der Waals surface area contributed by atoms with Crippen LogP contribution < -0.4 is 5.32 Å². The Labute approximate surface area is 133 Å². The minimum absolute atomic E-state index is 0.00989. The van der Waals surface area contributed by atoms with Crippen molar-refractivity contribution >= 4 is 28.3 Å². The van der Waals surface area contributed by atoms with Gasteiger partial charge < -0.3 is 10.2 Å². The Bertz CT molecular complexity index is 698. The van der Waals surface area contributed by atoms with E-state index in [0.29, 0.717) is 5.13 Å². The molecule has 114 valence electrons.